The molecule has 41 heavy (non-hydrogen) atoms. The van der Waals surface area contributed by atoms with Crippen LogP contribution < -0.4 is 14.4 Å². The summed E-state index contributed by atoms with van der Waals surface area (Å²) in [7, 11) is -4.27. The number of halogens is 1. The number of aryl methyl sites for hydroxylation is 1. The molecule has 0 aliphatic carbocycles. The van der Waals surface area contributed by atoms with Gasteiger partial charge in [0.1, 0.15) is 24.2 Å². The monoisotopic (exact) mass is 583 g/mol. The molecule has 0 aromatic heterocycles. The number of hydrogen-bond acceptors (Lipinski definition) is 5. The summed E-state index contributed by atoms with van der Waals surface area (Å²) in [6, 6.07) is 17.5. The molecule has 220 valence electrons. The molecular weight excluding hydrogens is 545 g/mol. The molecule has 0 saturated heterocycles. The highest BCUT2D eigenvalue weighted by molar-refractivity contribution is 7.92. The van der Waals surface area contributed by atoms with E-state index in [9.17, 15) is 22.4 Å². The Balaban J connectivity index is 2.05. The summed E-state index contributed by atoms with van der Waals surface area (Å²) >= 11 is 0. The van der Waals surface area contributed by atoms with Crippen LogP contribution in [-0.2, 0) is 26.2 Å². The second kappa shape index (κ2) is 14.6. The van der Waals surface area contributed by atoms with Crippen molar-refractivity contribution < 1.29 is 27.1 Å². The molecule has 2 amide bonds. The zero-order valence-corrected chi connectivity index (χ0v) is 24.8. The van der Waals surface area contributed by atoms with E-state index in [0.29, 0.717) is 25.3 Å². The number of carbonyl (C=O) groups excluding carboxylic acids is 2. The average molecular weight is 584 g/mol. The number of nitrogens with one attached hydrogen (secondary N) is 1. The summed E-state index contributed by atoms with van der Waals surface area (Å²) in [5.74, 6) is -0.910. The Morgan fingerprint density at radius 2 is 1.61 bits per heavy atom. The summed E-state index contributed by atoms with van der Waals surface area (Å²) < 4.78 is 48.0. The van der Waals surface area contributed by atoms with Gasteiger partial charge in [0.2, 0.25) is 11.8 Å². The normalized spacial score (nSPS) is 11.9. The van der Waals surface area contributed by atoms with E-state index in [-0.39, 0.29) is 23.0 Å². The van der Waals surface area contributed by atoms with E-state index in [0.717, 1.165) is 34.0 Å². The fourth-order valence-electron chi connectivity index (χ4n) is 4.39. The molecule has 0 spiro atoms. The smallest absolute Gasteiger partial charge is 0.264 e. The predicted octanol–water partition coefficient (Wildman–Crippen LogP) is 5.06. The van der Waals surface area contributed by atoms with Crippen LogP contribution >= 0.6 is 0 Å². The second-order valence-electron chi connectivity index (χ2n) is 9.56. The molecule has 0 unspecified atom stereocenters. The van der Waals surface area contributed by atoms with Crippen LogP contribution in [0.25, 0.3) is 0 Å². The highest BCUT2D eigenvalue weighted by Gasteiger charge is 2.33. The number of carbonyl (C=O) groups is 2. The van der Waals surface area contributed by atoms with Crippen molar-refractivity contribution in [3.05, 3.63) is 89.7 Å². The molecule has 0 fully saturated rings. The lowest BCUT2D eigenvalue weighted by Crippen LogP contribution is -2.52. The minimum atomic E-state index is -4.27. The van der Waals surface area contributed by atoms with Crippen molar-refractivity contribution in [3.8, 4) is 5.75 Å². The molecule has 0 bridgehead atoms. The van der Waals surface area contributed by atoms with Crippen molar-refractivity contribution in [1.29, 1.82) is 0 Å². The Labute approximate surface area is 242 Å². The van der Waals surface area contributed by atoms with Gasteiger partial charge >= 0.3 is 0 Å². The van der Waals surface area contributed by atoms with Crippen molar-refractivity contribution in [1.82, 2.24) is 10.2 Å². The molecule has 0 heterocycles. The third kappa shape index (κ3) is 8.07. The van der Waals surface area contributed by atoms with Gasteiger partial charge in [0.15, 0.2) is 0 Å². The number of sulfonamides is 1. The molecule has 3 aromatic rings. The van der Waals surface area contributed by atoms with Gasteiger partial charge in [0.05, 0.1) is 17.2 Å². The summed E-state index contributed by atoms with van der Waals surface area (Å²) in [5, 5.41) is 2.86. The highest BCUT2D eigenvalue weighted by Crippen LogP contribution is 2.26. The Bertz CT molecular complexity index is 1410. The maximum absolute atomic E-state index is 14.1. The van der Waals surface area contributed by atoms with Crippen LogP contribution in [0.4, 0.5) is 10.1 Å². The van der Waals surface area contributed by atoms with Crippen LogP contribution in [0.5, 0.6) is 5.75 Å². The van der Waals surface area contributed by atoms with Crippen LogP contribution in [0.3, 0.4) is 0 Å². The molecule has 1 atom stereocenters. The van der Waals surface area contributed by atoms with Crippen molar-refractivity contribution >= 4 is 27.5 Å². The largest absolute Gasteiger partial charge is 0.494 e. The number of rotatable bonds is 14. The number of hydrogen-bond donors (Lipinski definition) is 1. The van der Waals surface area contributed by atoms with Gasteiger partial charge in [0, 0.05) is 13.1 Å². The zero-order valence-electron chi connectivity index (χ0n) is 24.0. The minimum absolute atomic E-state index is 0.0590. The van der Waals surface area contributed by atoms with Crippen molar-refractivity contribution in [2.24, 2.45) is 0 Å². The maximum atomic E-state index is 14.1. The fourth-order valence-corrected chi connectivity index (χ4v) is 5.81. The standard InChI is InChI=1S/C31H38FN3O5S/c1-5-20-33-31(37)29(6-2)34(21-24-11-9-8-10-23(24)4)30(36)22-35(26-14-12-25(32)13-15-26)41(38,39)28-18-16-27(17-19-28)40-7-3/h8-19,29H,5-7,20-22H2,1-4H3,(H,33,37)/t29-/m0/s1. The third-order valence-electron chi connectivity index (χ3n) is 6.65. The molecule has 1 N–H and O–H groups in total. The number of anilines is 1. The lowest BCUT2D eigenvalue weighted by atomic mass is 10.1. The molecule has 8 nitrogen and oxygen atoms in total. The first kappa shape index (κ1) is 31.6. The minimum Gasteiger partial charge on any atom is -0.494 e. The molecule has 0 saturated carbocycles. The lowest BCUT2D eigenvalue weighted by Gasteiger charge is -2.33. The molecule has 3 rings (SSSR count). The fraction of sp³-hybridized carbons (Fsp3) is 0.355. The van der Waals surface area contributed by atoms with E-state index in [4.69, 9.17) is 4.74 Å². The van der Waals surface area contributed by atoms with Crippen molar-refractivity contribution in [3.63, 3.8) is 0 Å². The van der Waals surface area contributed by atoms with Gasteiger partial charge in [-0.25, -0.2) is 12.8 Å². The number of nitrogens with zero attached hydrogens (tertiary/aromatic N) is 2. The van der Waals surface area contributed by atoms with E-state index in [1.54, 1.807) is 0 Å². The summed E-state index contributed by atoms with van der Waals surface area (Å²) in [6.45, 7) is 7.87. The third-order valence-corrected chi connectivity index (χ3v) is 8.44. The van der Waals surface area contributed by atoms with Crippen LogP contribution in [0.15, 0.2) is 77.7 Å². The molecule has 0 aliphatic rings. The number of benzene rings is 3. The Morgan fingerprint density at radius 3 is 2.20 bits per heavy atom. The topological polar surface area (TPSA) is 96.0 Å². The Kier molecular flexibility index (Phi) is 11.3. The van der Waals surface area contributed by atoms with Gasteiger partial charge in [-0.05, 0) is 86.3 Å². The molecule has 0 aliphatic heterocycles. The van der Waals surface area contributed by atoms with Gasteiger partial charge in [-0.3, -0.25) is 13.9 Å². The second-order valence-corrected chi connectivity index (χ2v) is 11.4. The molecule has 10 heteroatoms. The lowest BCUT2D eigenvalue weighted by molar-refractivity contribution is -0.140. The van der Waals surface area contributed by atoms with Crippen LogP contribution in [0.1, 0.15) is 44.7 Å². The number of ether oxygens (including phenoxy) is 1. The first-order valence-corrected chi connectivity index (χ1v) is 15.2. The average Bonchev–Trinajstić information content (AvgIpc) is 2.96. The van der Waals surface area contributed by atoms with E-state index in [1.165, 1.54) is 41.3 Å². The summed E-state index contributed by atoms with van der Waals surface area (Å²) in [4.78, 5) is 28.6. The van der Waals surface area contributed by atoms with Gasteiger partial charge in [-0.15, -0.1) is 0 Å². The zero-order chi connectivity index (χ0) is 30.0. The van der Waals surface area contributed by atoms with Crippen LogP contribution in [-0.4, -0.2) is 50.9 Å². The quantitative estimate of drug-likeness (QED) is 0.286. The first-order valence-electron chi connectivity index (χ1n) is 13.7. The van der Waals surface area contributed by atoms with Gasteiger partial charge in [0.25, 0.3) is 10.0 Å². The van der Waals surface area contributed by atoms with Crippen LogP contribution in [0, 0.1) is 12.7 Å². The van der Waals surface area contributed by atoms with Crippen molar-refractivity contribution in [2.45, 2.75) is 58.0 Å². The van der Waals surface area contributed by atoms with E-state index < -0.39 is 34.3 Å². The van der Waals surface area contributed by atoms with Gasteiger partial charge in [-0.1, -0.05) is 38.1 Å². The van der Waals surface area contributed by atoms with E-state index in [2.05, 4.69) is 5.32 Å². The van der Waals surface area contributed by atoms with E-state index in [1.807, 2.05) is 52.0 Å². The predicted molar refractivity (Wildman–Crippen MR) is 158 cm³/mol. The molecule has 0 radical (unpaired) electrons. The highest BCUT2D eigenvalue weighted by atomic mass is 32.2. The molecular formula is C31H38FN3O5S. The number of amides is 2. The van der Waals surface area contributed by atoms with Gasteiger partial charge in [-0.2, -0.15) is 0 Å². The Morgan fingerprint density at radius 1 is 0.951 bits per heavy atom. The van der Waals surface area contributed by atoms with Crippen molar-refractivity contribution in [2.75, 3.05) is 24.0 Å². The van der Waals surface area contributed by atoms with Gasteiger partial charge < -0.3 is 15.0 Å². The maximum Gasteiger partial charge on any atom is 0.264 e. The summed E-state index contributed by atoms with van der Waals surface area (Å²) in [6.07, 6.45) is 1.06. The first-order chi connectivity index (χ1) is 19.6. The molecule has 3 aromatic carbocycles. The SMILES string of the molecule is CCCNC(=O)[C@H](CC)N(Cc1ccccc1C)C(=O)CN(c1ccc(F)cc1)S(=O)(=O)c1ccc(OCC)cc1. The summed E-state index contributed by atoms with van der Waals surface area (Å²) in [5.41, 5.74) is 1.89. The Hall–Kier alpha value is -3.92. The van der Waals surface area contributed by atoms with Crippen LogP contribution in [0.2, 0.25) is 0 Å². The van der Waals surface area contributed by atoms with E-state index >= 15 is 0 Å².